The van der Waals surface area contributed by atoms with Crippen LogP contribution < -0.4 is 5.32 Å². The summed E-state index contributed by atoms with van der Waals surface area (Å²) in [4.78, 5) is 23.3. The Labute approximate surface area is 108 Å². The van der Waals surface area contributed by atoms with Crippen molar-refractivity contribution in [2.45, 2.75) is 26.2 Å². The van der Waals surface area contributed by atoms with E-state index in [4.69, 9.17) is 0 Å². The molecular formula is C15H19NO2. The van der Waals surface area contributed by atoms with Gasteiger partial charge in [-0.15, -0.1) is 0 Å². The van der Waals surface area contributed by atoms with Crippen molar-refractivity contribution in [2.75, 3.05) is 6.54 Å². The van der Waals surface area contributed by atoms with Gasteiger partial charge in [-0.25, -0.2) is 0 Å². The standard InChI is InChI=1S/C15H19NO2/c1-10(2)14(17)9-16-15(18)13-8-12(13)11-6-4-3-5-7-11/h3-7,10,12-13H,8-9H2,1-2H3,(H,16,18). The zero-order chi connectivity index (χ0) is 13.1. The highest BCUT2D eigenvalue weighted by atomic mass is 16.2. The second-order valence-electron chi connectivity index (χ2n) is 5.20. The smallest absolute Gasteiger partial charge is 0.224 e. The maximum atomic E-state index is 11.9. The molecule has 2 atom stereocenters. The van der Waals surface area contributed by atoms with E-state index in [0.29, 0.717) is 5.92 Å². The van der Waals surface area contributed by atoms with Crippen LogP contribution in [0.5, 0.6) is 0 Å². The molecule has 2 unspecified atom stereocenters. The Hall–Kier alpha value is -1.64. The van der Waals surface area contributed by atoms with Crippen LogP contribution in [0.2, 0.25) is 0 Å². The van der Waals surface area contributed by atoms with Crippen LogP contribution in [0.4, 0.5) is 0 Å². The van der Waals surface area contributed by atoms with Gasteiger partial charge in [0, 0.05) is 11.8 Å². The minimum atomic E-state index is -0.0191. The van der Waals surface area contributed by atoms with Gasteiger partial charge in [0.05, 0.1) is 6.54 Å². The van der Waals surface area contributed by atoms with Gasteiger partial charge in [-0.3, -0.25) is 9.59 Å². The summed E-state index contributed by atoms with van der Waals surface area (Å²) in [6, 6.07) is 10.1. The van der Waals surface area contributed by atoms with E-state index >= 15 is 0 Å². The van der Waals surface area contributed by atoms with Crippen molar-refractivity contribution in [1.29, 1.82) is 0 Å². The molecule has 1 aliphatic rings. The molecule has 0 aliphatic heterocycles. The molecule has 1 amide bonds. The lowest BCUT2D eigenvalue weighted by Gasteiger charge is -2.06. The summed E-state index contributed by atoms with van der Waals surface area (Å²) in [6.07, 6.45) is 0.895. The number of benzene rings is 1. The minimum absolute atomic E-state index is 0.0119. The van der Waals surface area contributed by atoms with Gasteiger partial charge in [0.1, 0.15) is 0 Å². The summed E-state index contributed by atoms with van der Waals surface area (Å²) in [5, 5.41) is 2.74. The van der Waals surface area contributed by atoms with E-state index in [1.165, 1.54) is 5.56 Å². The lowest BCUT2D eigenvalue weighted by Crippen LogP contribution is -2.32. The van der Waals surface area contributed by atoms with Gasteiger partial charge in [-0.1, -0.05) is 44.2 Å². The van der Waals surface area contributed by atoms with Gasteiger partial charge in [0.2, 0.25) is 5.91 Å². The lowest BCUT2D eigenvalue weighted by molar-refractivity contribution is -0.127. The molecule has 0 bridgehead atoms. The summed E-state index contributed by atoms with van der Waals surface area (Å²) in [6.45, 7) is 3.85. The van der Waals surface area contributed by atoms with Crippen molar-refractivity contribution in [1.82, 2.24) is 5.32 Å². The summed E-state index contributed by atoms with van der Waals surface area (Å²) < 4.78 is 0. The summed E-state index contributed by atoms with van der Waals surface area (Å²) in [5.74, 6) is 0.459. The molecule has 0 radical (unpaired) electrons. The number of ketones is 1. The number of Topliss-reactive ketones (excluding diaryl/α,β-unsaturated/α-hetero) is 1. The third-order valence-electron chi connectivity index (χ3n) is 3.44. The Kier molecular flexibility index (Phi) is 3.80. The van der Waals surface area contributed by atoms with Gasteiger partial charge in [0.25, 0.3) is 0 Å². The maximum absolute atomic E-state index is 11.9. The molecule has 2 rings (SSSR count). The van der Waals surface area contributed by atoms with E-state index in [9.17, 15) is 9.59 Å². The SMILES string of the molecule is CC(C)C(=O)CNC(=O)C1CC1c1ccccc1. The van der Waals surface area contributed by atoms with Crippen molar-refractivity contribution in [3.63, 3.8) is 0 Å². The monoisotopic (exact) mass is 245 g/mol. The van der Waals surface area contributed by atoms with E-state index in [2.05, 4.69) is 17.4 Å². The predicted molar refractivity (Wildman–Crippen MR) is 70.1 cm³/mol. The molecule has 1 N–H and O–H groups in total. The molecule has 1 aliphatic carbocycles. The molecule has 1 saturated carbocycles. The third kappa shape index (κ3) is 2.97. The molecule has 18 heavy (non-hydrogen) atoms. The maximum Gasteiger partial charge on any atom is 0.224 e. The Bertz CT molecular complexity index is 439. The number of carbonyl (C=O) groups excluding carboxylic acids is 2. The third-order valence-corrected chi connectivity index (χ3v) is 3.44. The van der Waals surface area contributed by atoms with Crippen molar-refractivity contribution in [3.8, 4) is 0 Å². The molecule has 0 aromatic heterocycles. The number of amides is 1. The predicted octanol–water partition coefficient (Wildman–Crippen LogP) is 2.13. The van der Waals surface area contributed by atoms with Gasteiger partial charge in [-0.2, -0.15) is 0 Å². The normalized spacial score (nSPS) is 21.7. The highest BCUT2D eigenvalue weighted by Gasteiger charge is 2.43. The summed E-state index contributed by atoms with van der Waals surface area (Å²) in [7, 11) is 0. The number of carbonyl (C=O) groups is 2. The zero-order valence-corrected chi connectivity index (χ0v) is 10.8. The minimum Gasteiger partial charge on any atom is -0.349 e. The van der Waals surface area contributed by atoms with Gasteiger partial charge >= 0.3 is 0 Å². The number of nitrogens with one attached hydrogen (secondary N) is 1. The fourth-order valence-corrected chi connectivity index (χ4v) is 2.06. The van der Waals surface area contributed by atoms with Crippen LogP contribution in [0.25, 0.3) is 0 Å². The van der Waals surface area contributed by atoms with E-state index in [1.807, 2.05) is 32.0 Å². The molecule has 0 heterocycles. The van der Waals surface area contributed by atoms with Crippen molar-refractivity contribution in [2.24, 2.45) is 11.8 Å². The van der Waals surface area contributed by atoms with Crippen molar-refractivity contribution in [3.05, 3.63) is 35.9 Å². The van der Waals surface area contributed by atoms with Crippen LogP contribution in [0, 0.1) is 11.8 Å². The van der Waals surface area contributed by atoms with E-state index in [0.717, 1.165) is 6.42 Å². The Morgan fingerprint density at radius 1 is 1.28 bits per heavy atom. The molecule has 0 saturated heterocycles. The molecule has 1 fully saturated rings. The van der Waals surface area contributed by atoms with E-state index in [-0.39, 0.29) is 30.1 Å². The van der Waals surface area contributed by atoms with Crippen LogP contribution in [-0.4, -0.2) is 18.2 Å². The molecule has 96 valence electrons. The Balaban J connectivity index is 1.81. The number of hydrogen-bond donors (Lipinski definition) is 1. The lowest BCUT2D eigenvalue weighted by atomic mass is 10.1. The number of rotatable bonds is 5. The summed E-state index contributed by atoms with van der Waals surface area (Å²) in [5.41, 5.74) is 1.22. The topological polar surface area (TPSA) is 46.2 Å². The van der Waals surface area contributed by atoms with Gasteiger partial charge in [0.15, 0.2) is 5.78 Å². The second-order valence-corrected chi connectivity index (χ2v) is 5.20. The van der Waals surface area contributed by atoms with Crippen LogP contribution in [0.3, 0.4) is 0 Å². The molecular weight excluding hydrogens is 226 g/mol. The molecule has 3 heteroatoms. The second kappa shape index (κ2) is 5.34. The fraction of sp³-hybridized carbons (Fsp3) is 0.467. The molecule has 1 aromatic carbocycles. The van der Waals surface area contributed by atoms with Crippen molar-refractivity contribution < 1.29 is 9.59 Å². The number of hydrogen-bond acceptors (Lipinski definition) is 2. The summed E-state index contributed by atoms with van der Waals surface area (Å²) >= 11 is 0. The zero-order valence-electron chi connectivity index (χ0n) is 10.8. The first-order chi connectivity index (χ1) is 8.59. The first-order valence-corrected chi connectivity index (χ1v) is 6.45. The highest BCUT2D eigenvalue weighted by molar-refractivity contribution is 5.89. The largest absolute Gasteiger partial charge is 0.349 e. The van der Waals surface area contributed by atoms with Crippen LogP contribution in [-0.2, 0) is 9.59 Å². The van der Waals surface area contributed by atoms with Gasteiger partial charge in [-0.05, 0) is 17.9 Å². The highest BCUT2D eigenvalue weighted by Crippen LogP contribution is 2.47. The first-order valence-electron chi connectivity index (χ1n) is 6.45. The average Bonchev–Trinajstić information content (AvgIpc) is 3.16. The van der Waals surface area contributed by atoms with E-state index < -0.39 is 0 Å². The Morgan fingerprint density at radius 2 is 1.94 bits per heavy atom. The molecule has 3 nitrogen and oxygen atoms in total. The fourth-order valence-electron chi connectivity index (χ4n) is 2.06. The van der Waals surface area contributed by atoms with Gasteiger partial charge < -0.3 is 5.32 Å². The van der Waals surface area contributed by atoms with E-state index in [1.54, 1.807) is 0 Å². The molecule has 1 aromatic rings. The van der Waals surface area contributed by atoms with Crippen LogP contribution in [0.15, 0.2) is 30.3 Å². The van der Waals surface area contributed by atoms with Crippen LogP contribution in [0.1, 0.15) is 31.7 Å². The van der Waals surface area contributed by atoms with Crippen LogP contribution >= 0.6 is 0 Å². The quantitative estimate of drug-likeness (QED) is 0.863. The Morgan fingerprint density at radius 3 is 2.56 bits per heavy atom. The van der Waals surface area contributed by atoms with Crippen molar-refractivity contribution >= 4 is 11.7 Å². The first kappa shape index (κ1) is 12.8. The molecule has 0 spiro atoms. The average molecular weight is 245 g/mol.